The largest absolute Gasteiger partial charge is 0.462 e. The minimum absolute atomic E-state index is 0.222. The van der Waals surface area contributed by atoms with Gasteiger partial charge in [0.25, 0.3) is 5.56 Å². The summed E-state index contributed by atoms with van der Waals surface area (Å²) in [5.74, 6) is -0.964. The molecule has 0 saturated carbocycles. The minimum Gasteiger partial charge on any atom is -0.462 e. The highest BCUT2D eigenvalue weighted by Crippen LogP contribution is 2.27. The maximum Gasteiger partial charge on any atom is 0.348 e. The first-order valence-corrected chi connectivity index (χ1v) is 9.01. The molecule has 8 heteroatoms. The Bertz CT molecular complexity index is 855. The molecule has 2 rings (SSSR count). The predicted octanol–water partition coefficient (Wildman–Crippen LogP) is 2.85. The van der Waals surface area contributed by atoms with Gasteiger partial charge < -0.3 is 9.47 Å². The summed E-state index contributed by atoms with van der Waals surface area (Å²) in [4.78, 5) is 42.1. The number of nitrogens with zero attached hydrogens (tertiary/aromatic N) is 2. The Labute approximate surface area is 149 Å². The number of aromatic nitrogens is 2. The molecule has 0 unspecified atom stereocenters. The standard InChI is InChI=1S/C17H22N2O5S/c1-6-9(3)24-16(21)11(5)19-8-18-14-12(15(19)20)10(4)13(25-14)17(22)23-7-2/h8-9,11H,6-7H2,1-5H3/t9-,11+/m1/s1. The molecule has 0 bridgehead atoms. The third-order valence-corrected chi connectivity index (χ3v) is 5.17. The van der Waals surface area contributed by atoms with Gasteiger partial charge in [0.2, 0.25) is 0 Å². The van der Waals surface area contributed by atoms with Gasteiger partial charge >= 0.3 is 11.9 Å². The molecule has 0 aliphatic carbocycles. The number of carbonyl (C=O) groups is 2. The van der Waals surface area contributed by atoms with E-state index in [1.807, 2.05) is 6.92 Å². The Morgan fingerprint density at radius 3 is 2.60 bits per heavy atom. The summed E-state index contributed by atoms with van der Waals surface area (Å²) >= 11 is 1.11. The van der Waals surface area contributed by atoms with Crippen molar-refractivity contribution in [3.63, 3.8) is 0 Å². The number of fused-ring (bicyclic) bond motifs is 1. The van der Waals surface area contributed by atoms with Crippen molar-refractivity contribution in [1.29, 1.82) is 0 Å². The predicted molar refractivity (Wildman–Crippen MR) is 95.1 cm³/mol. The molecule has 0 radical (unpaired) electrons. The van der Waals surface area contributed by atoms with Crippen LogP contribution in [0.1, 0.15) is 55.4 Å². The molecule has 2 heterocycles. The van der Waals surface area contributed by atoms with Crippen LogP contribution in [0.4, 0.5) is 0 Å². The number of ether oxygens (including phenoxy) is 2. The average Bonchev–Trinajstić information content (AvgIpc) is 2.92. The summed E-state index contributed by atoms with van der Waals surface area (Å²) in [5.41, 5.74) is 0.149. The lowest BCUT2D eigenvalue weighted by atomic mass is 10.2. The van der Waals surface area contributed by atoms with Crippen LogP contribution in [0.25, 0.3) is 10.2 Å². The number of thiophene rings is 1. The molecule has 0 saturated heterocycles. The van der Waals surface area contributed by atoms with E-state index in [0.717, 1.165) is 11.3 Å². The van der Waals surface area contributed by atoms with E-state index in [0.29, 0.717) is 27.1 Å². The van der Waals surface area contributed by atoms with Crippen molar-refractivity contribution in [2.45, 2.75) is 53.2 Å². The fourth-order valence-electron chi connectivity index (χ4n) is 2.30. The van der Waals surface area contributed by atoms with Gasteiger partial charge in [-0.25, -0.2) is 14.6 Å². The highest BCUT2D eigenvalue weighted by molar-refractivity contribution is 7.20. The van der Waals surface area contributed by atoms with Gasteiger partial charge in [-0.15, -0.1) is 11.3 Å². The lowest BCUT2D eigenvalue weighted by molar-refractivity contribution is -0.152. The van der Waals surface area contributed by atoms with Gasteiger partial charge in [0.1, 0.15) is 15.7 Å². The van der Waals surface area contributed by atoms with Crippen molar-refractivity contribution in [3.05, 3.63) is 27.1 Å². The van der Waals surface area contributed by atoms with E-state index in [9.17, 15) is 14.4 Å². The van der Waals surface area contributed by atoms with Crippen molar-refractivity contribution in [3.8, 4) is 0 Å². The molecular weight excluding hydrogens is 344 g/mol. The van der Waals surface area contributed by atoms with Crippen molar-refractivity contribution < 1.29 is 19.1 Å². The van der Waals surface area contributed by atoms with Crippen molar-refractivity contribution in [2.24, 2.45) is 0 Å². The number of hydrogen-bond donors (Lipinski definition) is 0. The van der Waals surface area contributed by atoms with Gasteiger partial charge in [-0.1, -0.05) is 6.92 Å². The Hall–Kier alpha value is -2.22. The first kappa shape index (κ1) is 19.1. The van der Waals surface area contributed by atoms with E-state index in [1.54, 1.807) is 27.7 Å². The summed E-state index contributed by atoms with van der Waals surface area (Å²) in [6.45, 7) is 8.95. The third kappa shape index (κ3) is 3.73. The molecule has 2 aromatic rings. The van der Waals surface area contributed by atoms with Gasteiger partial charge in [0.05, 0.1) is 24.4 Å². The zero-order chi connectivity index (χ0) is 18.7. The highest BCUT2D eigenvalue weighted by Gasteiger charge is 2.24. The molecular formula is C17H22N2O5S. The molecule has 25 heavy (non-hydrogen) atoms. The monoisotopic (exact) mass is 366 g/mol. The van der Waals surface area contributed by atoms with Crippen molar-refractivity contribution >= 4 is 33.5 Å². The van der Waals surface area contributed by atoms with Crippen LogP contribution in [0.3, 0.4) is 0 Å². The first-order valence-electron chi connectivity index (χ1n) is 8.19. The van der Waals surface area contributed by atoms with E-state index in [1.165, 1.54) is 10.9 Å². The first-order chi connectivity index (χ1) is 11.8. The molecule has 0 aliphatic rings. The zero-order valence-corrected chi connectivity index (χ0v) is 15.8. The Kier molecular flexibility index (Phi) is 5.94. The van der Waals surface area contributed by atoms with Crippen LogP contribution in [0, 0.1) is 6.92 Å². The van der Waals surface area contributed by atoms with E-state index < -0.39 is 18.0 Å². The van der Waals surface area contributed by atoms with Crippen molar-refractivity contribution in [2.75, 3.05) is 6.61 Å². The molecule has 0 fully saturated rings. The molecule has 0 aromatic carbocycles. The summed E-state index contributed by atoms with van der Waals surface area (Å²) in [6, 6.07) is -0.802. The van der Waals surface area contributed by atoms with Gasteiger partial charge in [-0.2, -0.15) is 0 Å². The number of aryl methyl sites for hydroxylation is 1. The summed E-state index contributed by atoms with van der Waals surface area (Å²) in [6.07, 6.45) is 1.79. The molecule has 2 aromatic heterocycles. The number of carbonyl (C=O) groups excluding carboxylic acids is 2. The normalized spacial score (nSPS) is 13.5. The fraction of sp³-hybridized carbons (Fsp3) is 0.529. The number of esters is 2. The Morgan fingerprint density at radius 1 is 1.32 bits per heavy atom. The molecule has 7 nitrogen and oxygen atoms in total. The van der Waals surface area contributed by atoms with E-state index >= 15 is 0 Å². The average molecular weight is 366 g/mol. The second kappa shape index (κ2) is 7.77. The van der Waals surface area contributed by atoms with Crippen molar-refractivity contribution in [1.82, 2.24) is 9.55 Å². The van der Waals surface area contributed by atoms with E-state index in [4.69, 9.17) is 9.47 Å². The van der Waals surface area contributed by atoms with Crippen LogP contribution >= 0.6 is 11.3 Å². The summed E-state index contributed by atoms with van der Waals surface area (Å²) < 4.78 is 11.5. The lowest BCUT2D eigenvalue weighted by Gasteiger charge is -2.17. The van der Waals surface area contributed by atoms with Crippen LogP contribution in [-0.4, -0.2) is 34.2 Å². The molecule has 0 spiro atoms. The third-order valence-electron chi connectivity index (χ3n) is 3.99. The zero-order valence-electron chi connectivity index (χ0n) is 15.0. The Balaban J connectivity index is 2.46. The van der Waals surface area contributed by atoms with Crippen LogP contribution in [-0.2, 0) is 14.3 Å². The topological polar surface area (TPSA) is 87.5 Å². The van der Waals surface area contributed by atoms with Crippen LogP contribution in [0.2, 0.25) is 0 Å². The second-order valence-corrected chi connectivity index (χ2v) is 6.74. The van der Waals surface area contributed by atoms with Crippen LogP contribution in [0.15, 0.2) is 11.1 Å². The van der Waals surface area contributed by atoms with Crippen LogP contribution < -0.4 is 5.56 Å². The van der Waals surface area contributed by atoms with Gasteiger partial charge in [-0.3, -0.25) is 9.36 Å². The summed E-state index contributed by atoms with van der Waals surface area (Å²) in [7, 11) is 0. The molecule has 0 aliphatic heterocycles. The lowest BCUT2D eigenvalue weighted by Crippen LogP contribution is -2.31. The smallest absolute Gasteiger partial charge is 0.348 e. The Morgan fingerprint density at radius 2 is 2.00 bits per heavy atom. The molecule has 0 amide bonds. The highest BCUT2D eigenvalue weighted by atomic mass is 32.1. The van der Waals surface area contributed by atoms with E-state index in [2.05, 4.69) is 4.98 Å². The number of hydrogen-bond acceptors (Lipinski definition) is 7. The molecule has 2 atom stereocenters. The maximum atomic E-state index is 12.8. The second-order valence-electron chi connectivity index (χ2n) is 5.75. The molecule has 136 valence electrons. The minimum atomic E-state index is -0.802. The molecule has 0 N–H and O–H groups in total. The maximum absolute atomic E-state index is 12.8. The quantitative estimate of drug-likeness (QED) is 0.731. The van der Waals surface area contributed by atoms with Crippen LogP contribution in [0.5, 0.6) is 0 Å². The fourth-order valence-corrected chi connectivity index (χ4v) is 3.33. The van der Waals surface area contributed by atoms with Gasteiger partial charge in [0, 0.05) is 0 Å². The van der Waals surface area contributed by atoms with Gasteiger partial charge in [0.15, 0.2) is 0 Å². The number of rotatable bonds is 6. The van der Waals surface area contributed by atoms with Gasteiger partial charge in [-0.05, 0) is 39.7 Å². The van der Waals surface area contributed by atoms with E-state index in [-0.39, 0.29) is 18.3 Å². The summed E-state index contributed by atoms with van der Waals surface area (Å²) in [5, 5.41) is 0.332. The SMILES string of the molecule is CCOC(=O)c1sc2ncn([C@@H](C)C(=O)O[C@H](C)CC)c(=O)c2c1C.